The number of carbonyl (C=O) groups is 1. The summed E-state index contributed by atoms with van der Waals surface area (Å²) in [4.78, 5) is 14.7. The zero-order chi connectivity index (χ0) is 16.1. The molecule has 0 bridgehead atoms. The highest BCUT2D eigenvalue weighted by atomic mass is 19.1. The average molecular weight is 312 g/mol. The van der Waals surface area contributed by atoms with Gasteiger partial charge in [0.2, 0.25) is 0 Å². The van der Waals surface area contributed by atoms with Crippen molar-refractivity contribution < 1.29 is 18.7 Å². The summed E-state index contributed by atoms with van der Waals surface area (Å²) in [7, 11) is 1.82. The van der Waals surface area contributed by atoms with Gasteiger partial charge < -0.3 is 5.11 Å². The average Bonchev–Trinajstić information content (AvgIpc) is 2.68. The molecule has 1 aliphatic rings. The van der Waals surface area contributed by atoms with E-state index in [0.29, 0.717) is 12.1 Å². The minimum absolute atomic E-state index is 0.0309. The quantitative estimate of drug-likeness (QED) is 0.906. The van der Waals surface area contributed by atoms with E-state index in [1.807, 2.05) is 11.9 Å². The van der Waals surface area contributed by atoms with Gasteiger partial charge in [-0.05, 0) is 57.6 Å². The molecule has 0 radical (unpaired) electrons. The van der Waals surface area contributed by atoms with E-state index < -0.39 is 11.8 Å². The number of nitrogens with zero attached hydrogens (tertiary/aromatic N) is 2. The van der Waals surface area contributed by atoms with Crippen LogP contribution < -0.4 is 0 Å². The first kappa shape index (κ1) is 16.8. The summed E-state index contributed by atoms with van der Waals surface area (Å²) >= 11 is 0. The Balaban J connectivity index is 1.93. The molecule has 0 aromatic heterocycles. The van der Waals surface area contributed by atoms with Crippen LogP contribution in [-0.2, 0) is 11.3 Å². The van der Waals surface area contributed by atoms with Crippen molar-refractivity contribution in [1.82, 2.24) is 9.80 Å². The molecule has 1 unspecified atom stereocenters. The normalized spacial score (nSPS) is 20.1. The zero-order valence-corrected chi connectivity index (χ0v) is 12.8. The lowest BCUT2D eigenvalue weighted by Crippen LogP contribution is -2.36. The Morgan fingerprint density at radius 2 is 2.14 bits per heavy atom. The number of rotatable bonds is 5. The van der Waals surface area contributed by atoms with Gasteiger partial charge in [0, 0.05) is 18.2 Å². The molecule has 0 amide bonds. The van der Waals surface area contributed by atoms with Crippen LogP contribution in [0.4, 0.5) is 8.78 Å². The monoisotopic (exact) mass is 312 g/mol. The summed E-state index contributed by atoms with van der Waals surface area (Å²) in [6, 6.07) is 3.75. The second-order valence-corrected chi connectivity index (χ2v) is 5.91. The fourth-order valence-electron chi connectivity index (χ4n) is 2.98. The van der Waals surface area contributed by atoms with Crippen molar-refractivity contribution in [1.29, 1.82) is 0 Å². The molecule has 1 heterocycles. The first-order valence-electron chi connectivity index (χ1n) is 7.54. The zero-order valence-electron chi connectivity index (χ0n) is 12.8. The summed E-state index contributed by atoms with van der Waals surface area (Å²) in [6.45, 7) is 1.99. The van der Waals surface area contributed by atoms with Gasteiger partial charge in [-0.25, -0.2) is 8.78 Å². The molecule has 1 atom stereocenters. The minimum atomic E-state index is -0.828. The van der Waals surface area contributed by atoms with Crippen LogP contribution in [0.3, 0.4) is 0 Å². The molecule has 122 valence electrons. The fraction of sp³-hybridized carbons (Fsp3) is 0.562. The van der Waals surface area contributed by atoms with Crippen LogP contribution in [0.5, 0.6) is 0 Å². The minimum Gasteiger partial charge on any atom is -0.480 e. The lowest BCUT2D eigenvalue weighted by Gasteiger charge is -2.25. The number of carboxylic acids is 1. The SMILES string of the molecule is CN(CC(=O)O)C1CCCN(Cc2cc(F)ccc2F)CC1. The molecule has 0 spiro atoms. The van der Waals surface area contributed by atoms with Gasteiger partial charge in [0.25, 0.3) is 0 Å². The third kappa shape index (κ3) is 4.74. The molecule has 4 nitrogen and oxygen atoms in total. The number of halogens is 2. The molecular weight excluding hydrogens is 290 g/mol. The van der Waals surface area contributed by atoms with E-state index in [4.69, 9.17) is 5.11 Å². The molecular formula is C16H22F2N2O2. The maximum Gasteiger partial charge on any atom is 0.317 e. The number of likely N-dealkylation sites (tertiary alicyclic amines) is 1. The Labute approximate surface area is 129 Å². The summed E-state index contributed by atoms with van der Waals surface area (Å²) in [5, 5.41) is 8.86. The topological polar surface area (TPSA) is 43.8 Å². The Morgan fingerprint density at radius 3 is 2.86 bits per heavy atom. The Bertz CT molecular complexity index is 525. The third-order valence-corrected chi connectivity index (χ3v) is 4.20. The molecule has 1 aromatic rings. The van der Waals surface area contributed by atoms with E-state index in [9.17, 15) is 13.6 Å². The number of likely N-dealkylation sites (N-methyl/N-ethyl adjacent to an activating group) is 1. The van der Waals surface area contributed by atoms with Gasteiger partial charge in [-0.3, -0.25) is 14.6 Å². The maximum atomic E-state index is 13.7. The largest absolute Gasteiger partial charge is 0.480 e. The molecule has 1 aliphatic heterocycles. The number of aliphatic carboxylic acids is 1. The summed E-state index contributed by atoms with van der Waals surface area (Å²) in [5.74, 6) is -1.64. The van der Waals surface area contributed by atoms with Crippen LogP contribution >= 0.6 is 0 Å². The molecule has 22 heavy (non-hydrogen) atoms. The molecule has 1 fully saturated rings. The van der Waals surface area contributed by atoms with E-state index in [1.165, 1.54) is 6.07 Å². The molecule has 0 aliphatic carbocycles. The first-order valence-corrected chi connectivity index (χ1v) is 7.54. The van der Waals surface area contributed by atoms with Crippen molar-refractivity contribution in [3.63, 3.8) is 0 Å². The van der Waals surface area contributed by atoms with Crippen LogP contribution in [0.2, 0.25) is 0 Å². The molecule has 1 N–H and O–H groups in total. The highest BCUT2D eigenvalue weighted by Crippen LogP contribution is 2.19. The predicted octanol–water partition coefficient (Wildman–Crippen LogP) is 2.34. The number of hydrogen-bond acceptors (Lipinski definition) is 3. The summed E-state index contributed by atoms with van der Waals surface area (Å²) in [5.41, 5.74) is 0.373. The van der Waals surface area contributed by atoms with Crippen molar-refractivity contribution in [2.75, 3.05) is 26.7 Å². The fourth-order valence-corrected chi connectivity index (χ4v) is 2.98. The van der Waals surface area contributed by atoms with E-state index in [0.717, 1.165) is 44.5 Å². The van der Waals surface area contributed by atoms with Gasteiger partial charge >= 0.3 is 5.97 Å². The molecule has 6 heteroatoms. The highest BCUT2D eigenvalue weighted by Gasteiger charge is 2.22. The maximum absolute atomic E-state index is 13.7. The van der Waals surface area contributed by atoms with Gasteiger partial charge in [0.05, 0.1) is 6.54 Å². The van der Waals surface area contributed by atoms with Gasteiger partial charge in [0.1, 0.15) is 11.6 Å². The smallest absolute Gasteiger partial charge is 0.317 e. The van der Waals surface area contributed by atoms with E-state index in [-0.39, 0.29) is 18.4 Å². The third-order valence-electron chi connectivity index (χ3n) is 4.20. The van der Waals surface area contributed by atoms with Crippen molar-refractivity contribution in [2.24, 2.45) is 0 Å². The van der Waals surface area contributed by atoms with Gasteiger partial charge in [-0.2, -0.15) is 0 Å². The summed E-state index contributed by atoms with van der Waals surface area (Å²) in [6.07, 6.45) is 2.68. The van der Waals surface area contributed by atoms with Crippen LogP contribution in [0.15, 0.2) is 18.2 Å². The number of benzene rings is 1. The van der Waals surface area contributed by atoms with Crippen LogP contribution in [0.1, 0.15) is 24.8 Å². The molecule has 1 saturated heterocycles. The van der Waals surface area contributed by atoms with Gasteiger partial charge in [-0.1, -0.05) is 0 Å². The highest BCUT2D eigenvalue weighted by molar-refractivity contribution is 5.69. The summed E-state index contributed by atoms with van der Waals surface area (Å²) < 4.78 is 26.9. The molecule has 0 saturated carbocycles. The Kier molecular flexibility index (Phi) is 5.85. The molecule has 1 aromatic carbocycles. The second-order valence-electron chi connectivity index (χ2n) is 5.91. The first-order chi connectivity index (χ1) is 10.5. The number of hydrogen-bond donors (Lipinski definition) is 1. The second kappa shape index (κ2) is 7.65. The lowest BCUT2D eigenvalue weighted by atomic mass is 10.1. The van der Waals surface area contributed by atoms with Crippen molar-refractivity contribution in [2.45, 2.75) is 31.8 Å². The van der Waals surface area contributed by atoms with Crippen molar-refractivity contribution >= 4 is 5.97 Å². The van der Waals surface area contributed by atoms with Crippen LogP contribution in [0.25, 0.3) is 0 Å². The number of carboxylic acid groups (broad SMARTS) is 1. The van der Waals surface area contributed by atoms with E-state index >= 15 is 0 Å². The van der Waals surface area contributed by atoms with Crippen LogP contribution in [-0.4, -0.2) is 53.6 Å². The Hall–Kier alpha value is -1.53. The lowest BCUT2D eigenvalue weighted by molar-refractivity contribution is -0.138. The van der Waals surface area contributed by atoms with Gasteiger partial charge in [-0.15, -0.1) is 0 Å². The Morgan fingerprint density at radius 1 is 1.36 bits per heavy atom. The van der Waals surface area contributed by atoms with E-state index in [2.05, 4.69) is 4.90 Å². The molecule has 2 rings (SSSR count). The van der Waals surface area contributed by atoms with Crippen LogP contribution in [0, 0.1) is 11.6 Å². The van der Waals surface area contributed by atoms with Crippen molar-refractivity contribution in [3.8, 4) is 0 Å². The van der Waals surface area contributed by atoms with Gasteiger partial charge in [0.15, 0.2) is 0 Å². The standard InChI is InChI=1S/C16H22F2N2O2/c1-19(11-16(21)22)14-3-2-7-20(8-6-14)10-12-9-13(17)4-5-15(12)18/h4-5,9,14H,2-3,6-8,10-11H2,1H3,(H,21,22). The predicted molar refractivity (Wildman–Crippen MR) is 79.5 cm³/mol. The van der Waals surface area contributed by atoms with Crippen molar-refractivity contribution in [3.05, 3.63) is 35.4 Å². The van der Waals surface area contributed by atoms with E-state index in [1.54, 1.807) is 0 Å².